The van der Waals surface area contributed by atoms with Crippen LogP contribution in [-0.4, -0.2) is 10.2 Å². The number of nitrogens with one attached hydrogen (secondary N) is 1. The molecule has 13 heavy (non-hydrogen) atoms. The van der Waals surface area contributed by atoms with Gasteiger partial charge in [0, 0.05) is 11.6 Å². The van der Waals surface area contributed by atoms with Gasteiger partial charge in [0.15, 0.2) is 0 Å². The van der Waals surface area contributed by atoms with Gasteiger partial charge in [0.25, 0.3) is 0 Å². The summed E-state index contributed by atoms with van der Waals surface area (Å²) in [4.78, 5) is 0. The Hall–Kier alpha value is -0.790. The lowest BCUT2D eigenvalue weighted by atomic mass is 9.80. The SMILES string of the molecule is Cc1n[nH]c2c1CCC[C@@H]2C(C)C. The van der Waals surface area contributed by atoms with Crippen molar-refractivity contribution in [1.29, 1.82) is 0 Å². The van der Waals surface area contributed by atoms with Gasteiger partial charge >= 0.3 is 0 Å². The largest absolute Gasteiger partial charge is 0.282 e. The maximum absolute atomic E-state index is 4.31. The topological polar surface area (TPSA) is 28.7 Å². The van der Waals surface area contributed by atoms with Crippen molar-refractivity contribution in [3.63, 3.8) is 0 Å². The van der Waals surface area contributed by atoms with Crippen LogP contribution in [0, 0.1) is 12.8 Å². The van der Waals surface area contributed by atoms with Crippen molar-refractivity contribution >= 4 is 0 Å². The lowest BCUT2D eigenvalue weighted by Crippen LogP contribution is -2.14. The molecule has 72 valence electrons. The van der Waals surface area contributed by atoms with Crippen LogP contribution >= 0.6 is 0 Å². The van der Waals surface area contributed by atoms with Gasteiger partial charge in [0.05, 0.1) is 5.69 Å². The van der Waals surface area contributed by atoms with Gasteiger partial charge in [0.2, 0.25) is 0 Å². The summed E-state index contributed by atoms with van der Waals surface area (Å²) in [7, 11) is 0. The number of hydrogen-bond acceptors (Lipinski definition) is 1. The minimum Gasteiger partial charge on any atom is -0.282 e. The van der Waals surface area contributed by atoms with Crippen LogP contribution in [0.2, 0.25) is 0 Å². The first-order chi connectivity index (χ1) is 6.20. The number of aromatic amines is 1. The Kier molecular flexibility index (Phi) is 2.14. The van der Waals surface area contributed by atoms with Gasteiger partial charge in [-0.05, 0) is 37.7 Å². The second kappa shape index (κ2) is 3.17. The van der Waals surface area contributed by atoms with Crippen molar-refractivity contribution in [1.82, 2.24) is 10.2 Å². The molecule has 0 saturated carbocycles. The predicted octanol–water partition coefficient (Wildman–Crippen LogP) is 2.79. The summed E-state index contributed by atoms with van der Waals surface area (Å²) in [5.74, 6) is 1.45. The van der Waals surface area contributed by atoms with Crippen LogP contribution in [0.1, 0.15) is 49.6 Å². The Morgan fingerprint density at radius 3 is 2.92 bits per heavy atom. The summed E-state index contributed by atoms with van der Waals surface area (Å²) in [5, 5.41) is 7.51. The minimum atomic E-state index is 0.713. The first-order valence-electron chi connectivity index (χ1n) is 5.24. The molecule has 2 nitrogen and oxygen atoms in total. The molecule has 1 heterocycles. The molecule has 2 heteroatoms. The number of H-pyrrole nitrogens is 1. The van der Waals surface area contributed by atoms with Crippen LogP contribution in [0.15, 0.2) is 0 Å². The smallest absolute Gasteiger partial charge is 0.0626 e. The lowest BCUT2D eigenvalue weighted by Gasteiger charge is -2.25. The van der Waals surface area contributed by atoms with Gasteiger partial charge in [-0.15, -0.1) is 0 Å². The Balaban J connectivity index is 2.38. The highest BCUT2D eigenvalue weighted by Gasteiger charge is 2.25. The first kappa shape index (κ1) is 8.79. The normalized spacial score (nSPS) is 22.0. The zero-order chi connectivity index (χ0) is 9.42. The second-order valence-corrected chi connectivity index (χ2v) is 4.44. The molecule has 2 rings (SSSR count). The number of nitrogens with zero attached hydrogens (tertiary/aromatic N) is 1. The van der Waals surface area contributed by atoms with Gasteiger partial charge in [-0.2, -0.15) is 5.10 Å². The minimum absolute atomic E-state index is 0.713. The molecule has 1 N–H and O–H groups in total. The van der Waals surface area contributed by atoms with Crippen LogP contribution in [0.4, 0.5) is 0 Å². The van der Waals surface area contributed by atoms with Crippen molar-refractivity contribution in [2.45, 2.75) is 46.0 Å². The first-order valence-corrected chi connectivity index (χ1v) is 5.24. The third-order valence-electron chi connectivity index (χ3n) is 3.22. The molecule has 1 atom stereocenters. The number of aromatic nitrogens is 2. The molecule has 1 aromatic heterocycles. The fourth-order valence-corrected chi connectivity index (χ4v) is 2.41. The van der Waals surface area contributed by atoms with Crippen molar-refractivity contribution in [2.75, 3.05) is 0 Å². The monoisotopic (exact) mass is 178 g/mol. The summed E-state index contributed by atoms with van der Waals surface area (Å²) in [6.07, 6.45) is 3.88. The molecular formula is C11H18N2. The summed E-state index contributed by atoms with van der Waals surface area (Å²) >= 11 is 0. The molecule has 0 bridgehead atoms. The maximum Gasteiger partial charge on any atom is 0.0626 e. The van der Waals surface area contributed by atoms with E-state index < -0.39 is 0 Å². The standard InChI is InChI=1S/C11H18N2/c1-7(2)9-5-4-6-10-8(3)12-13-11(9)10/h7,9H,4-6H2,1-3H3,(H,12,13)/t9-/m1/s1. The average molecular weight is 178 g/mol. The quantitative estimate of drug-likeness (QED) is 0.703. The van der Waals surface area contributed by atoms with E-state index >= 15 is 0 Å². The summed E-state index contributed by atoms with van der Waals surface area (Å²) in [6.45, 7) is 6.71. The number of rotatable bonds is 1. The van der Waals surface area contributed by atoms with E-state index in [-0.39, 0.29) is 0 Å². The molecule has 0 saturated heterocycles. The maximum atomic E-state index is 4.31. The number of fused-ring (bicyclic) bond motifs is 1. The zero-order valence-electron chi connectivity index (χ0n) is 8.72. The zero-order valence-corrected chi connectivity index (χ0v) is 8.72. The Bertz CT molecular complexity index is 299. The highest BCUT2D eigenvalue weighted by molar-refractivity contribution is 5.29. The molecule has 1 aromatic rings. The lowest BCUT2D eigenvalue weighted by molar-refractivity contribution is 0.425. The molecule has 0 spiro atoms. The highest BCUT2D eigenvalue weighted by atomic mass is 15.1. The van der Waals surface area contributed by atoms with Gasteiger partial charge in [-0.1, -0.05) is 13.8 Å². The van der Waals surface area contributed by atoms with E-state index in [1.807, 2.05) is 0 Å². The van der Waals surface area contributed by atoms with Crippen LogP contribution in [0.25, 0.3) is 0 Å². The predicted molar refractivity (Wildman–Crippen MR) is 53.8 cm³/mol. The van der Waals surface area contributed by atoms with E-state index in [4.69, 9.17) is 0 Å². The Morgan fingerprint density at radius 2 is 2.23 bits per heavy atom. The third kappa shape index (κ3) is 1.38. The fourth-order valence-electron chi connectivity index (χ4n) is 2.41. The van der Waals surface area contributed by atoms with Gasteiger partial charge in [-0.3, -0.25) is 5.10 Å². The summed E-state index contributed by atoms with van der Waals surface area (Å²) in [5.41, 5.74) is 4.11. The summed E-state index contributed by atoms with van der Waals surface area (Å²) in [6, 6.07) is 0. The Labute approximate surface area is 79.7 Å². The Morgan fingerprint density at radius 1 is 1.46 bits per heavy atom. The molecule has 0 aromatic carbocycles. The van der Waals surface area contributed by atoms with Crippen LogP contribution in [-0.2, 0) is 6.42 Å². The summed E-state index contributed by atoms with van der Waals surface area (Å²) < 4.78 is 0. The molecule has 0 unspecified atom stereocenters. The van der Waals surface area contributed by atoms with Crippen LogP contribution < -0.4 is 0 Å². The van der Waals surface area contributed by atoms with Gasteiger partial charge < -0.3 is 0 Å². The molecule has 0 amide bonds. The third-order valence-corrected chi connectivity index (χ3v) is 3.22. The van der Waals surface area contributed by atoms with Crippen LogP contribution in [0.5, 0.6) is 0 Å². The van der Waals surface area contributed by atoms with Crippen molar-refractivity contribution in [3.05, 3.63) is 17.0 Å². The van der Waals surface area contributed by atoms with Crippen molar-refractivity contribution in [3.8, 4) is 0 Å². The molecular weight excluding hydrogens is 160 g/mol. The second-order valence-electron chi connectivity index (χ2n) is 4.44. The van der Waals surface area contributed by atoms with Crippen molar-refractivity contribution in [2.24, 2.45) is 5.92 Å². The average Bonchev–Trinajstić information content (AvgIpc) is 2.48. The van der Waals surface area contributed by atoms with E-state index in [1.54, 1.807) is 0 Å². The molecule has 0 fully saturated rings. The van der Waals surface area contributed by atoms with Crippen molar-refractivity contribution < 1.29 is 0 Å². The van der Waals surface area contributed by atoms with E-state index in [0.29, 0.717) is 5.92 Å². The van der Waals surface area contributed by atoms with E-state index in [1.165, 1.54) is 36.2 Å². The molecule has 0 aliphatic heterocycles. The molecule has 0 radical (unpaired) electrons. The highest BCUT2D eigenvalue weighted by Crippen LogP contribution is 2.36. The number of hydrogen-bond donors (Lipinski definition) is 1. The number of aryl methyl sites for hydroxylation is 1. The molecule has 1 aliphatic carbocycles. The van der Waals surface area contributed by atoms with Gasteiger partial charge in [-0.25, -0.2) is 0 Å². The fraction of sp³-hybridized carbons (Fsp3) is 0.727. The van der Waals surface area contributed by atoms with E-state index in [9.17, 15) is 0 Å². The van der Waals surface area contributed by atoms with Gasteiger partial charge in [0.1, 0.15) is 0 Å². The van der Waals surface area contributed by atoms with E-state index in [2.05, 4.69) is 31.0 Å². The van der Waals surface area contributed by atoms with E-state index in [0.717, 1.165) is 5.92 Å². The molecule has 1 aliphatic rings. The van der Waals surface area contributed by atoms with Crippen LogP contribution in [0.3, 0.4) is 0 Å².